The van der Waals surface area contributed by atoms with Crippen molar-refractivity contribution in [1.29, 1.82) is 0 Å². The Labute approximate surface area is 122 Å². The molecule has 2 fully saturated rings. The first-order valence-electron chi connectivity index (χ1n) is 7.17. The van der Waals surface area contributed by atoms with Gasteiger partial charge in [0, 0.05) is 26.2 Å². The highest BCUT2D eigenvalue weighted by molar-refractivity contribution is 5.85. The Morgan fingerprint density at radius 3 is 2.84 bits per heavy atom. The van der Waals surface area contributed by atoms with Crippen molar-refractivity contribution in [3.05, 3.63) is 0 Å². The molecule has 0 aromatic heterocycles. The van der Waals surface area contributed by atoms with Crippen LogP contribution in [0, 0.1) is 5.41 Å². The van der Waals surface area contributed by atoms with Crippen LogP contribution in [-0.4, -0.2) is 49.7 Å². The number of nitrogens with one attached hydrogen (secondary N) is 1. The van der Waals surface area contributed by atoms with Crippen molar-refractivity contribution in [1.82, 2.24) is 10.2 Å². The fourth-order valence-corrected chi connectivity index (χ4v) is 2.75. The van der Waals surface area contributed by atoms with Gasteiger partial charge in [0.05, 0.1) is 19.1 Å². The van der Waals surface area contributed by atoms with E-state index in [1.807, 2.05) is 4.90 Å². The molecule has 112 valence electrons. The Morgan fingerprint density at radius 2 is 2.16 bits per heavy atom. The van der Waals surface area contributed by atoms with Crippen LogP contribution in [0.5, 0.6) is 0 Å². The van der Waals surface area contributed by atoms with Crippen LogP contribution in [0.3, 0.4) is 0 Å². The largest absolute Gasteiger partial charge is 0.375 e. The zero-order valence-corrected chi connectivity index (χ0v) is 12.9. The van der Waals surface area contributed by atoms with Gasteiger partial charge in [-0.25, -0.2) is 0 Å². The molecule has 2 heterocycles. The summed E-state index contributed by atoms with van der Waals surface area (Å²) >= 11 is 0. The van der Waals surface area contributed by atoms with Crippen LogP contribution in [0.15, 0.2) is 0 Å². The van der Waals surface area contributed by atoms with Gasteiger partial charge in [-0.1, -0.05) is 13.8 Å². The van der Waals surface area contributed by atoms with Crippen molar-refractivity contribution in [2.45, 2.75) is 45.6 Å². The number of rotatable bonds is 2. The fourth-order valence-electron chi connectivity index (χ4n) is 2.75. The van der Waals surface area contributed by atoms with E-state index >= 15 is 0 Å². The summed E-state index contributed by atoms with van der Waals surface area (Å²) in [7, 11) is 0. The number of carbonyl (C=O) groups is 1. The molecule has 1 N–H and O–H groups in total. The molecular formula is C14H27ClN2O2. The number of ether oxygens (including phenoxy) is 1. The maximum Gasteiger partial charge on any atom is 0.225 e. The van der Waals surface area contributed by atoms with Crippen LogP contribution >= 0.6 is 12.4 Å². The molecule has 0 aromatic rings. The Bertz CT molecular complexity index is 291. The van der Waals surface area contributed by atoms with Crippen LogP contribution in [0.25, 0.3) is 0 Å². The van der Waals surface area contributed by atoms with Crippen molar-refractivity contribution in [2.24, 2.45) is 5.41 Å². The van der Waals surface area contributed by atoms with Crippen LogP contribution in [0.2, 0.25) is 0 Å². The number of nitrogens with zero attached hydrogens (tertiary/aromatic N) is 1. The molecule has 2 saturated heterocycles. The summed E-state index contributed by atoms with van der Waals surface area (Å²) in [6.45, 7) is 8.87. The molecule has 2 rings (SSSR count). The van der Waals surface area contributed by atoms with E-state index < -0.39 is 0 Å². The van der Waals surface area contributed by atoms with E-state index in [0.29, 0.717) is 11.8 Å². The second-order valence-electron chi connectivity index (χ2n) is 6.30. The quantitative estimate of drug-likeness (QED) is 0.843. The van der Waals surface area contributed by atoms with E-state index in [4.69, 9.17) is 4.74 Å². The lowest BCUT2D eigenvalue weighted by atomic mass is 9.85. The molecule has 0 bridgehead atoms. The third-order valence-corrected chi connectivity index (χ3v) is 4.10. The Kier molecular flexibility index (Phi) is 6.57. The van der Waals surface area contributed by atoms with Crippen LogP contribution in [0.1, 0.15) is 39.5 Å². The highest BCUT2D eigenvalue weighted by atomic mass is 35.5. The number of amides is 1. The predicted octanol–water partition coefficient (Wildman–Crippen LogP) is 1.83. The second-order valence-corrected chi connectivity index (χ2v) is 6.30. The average Bonchev–Trinajstić information content (AvgIpc) is 2.51. The van der Waals surface area contributed by atoms with Gasteiger partial charge in [0.1, 0.15) is 0 Å². The minimum atomic E-state index is 0. The lowest BCUT2D eigenvalue weighted by Gasteiger charge is -2.27. The molecule has 19 heavy (non-hydrogen) atoms. The molecule has 1 unspecified atom stereocenters. The summed E-state index contributed by atoms with van der Waals surface area (Å²) in [5.41, 5.74) is 0.387. The second kappa shape index (κ2) is 7.46. The zero-order valence-electron chi connectivity index (χ0n) is 12.1. The topological polar surface area (TPSA) is 41.6 Å². The first-order valence-corrected chi connectivity index (χ1v) is 7.17. The van der Waals surface area contributed by atoms with Gasteiger partial charge in [0.25, 0.3) is 0 Å². The fraction of sp³-hybridized carbons (Fsp3) is 0.929. The monoisotopic (exact) mass is 290 g/mol. The molecule has 5 heteroatoms. The van der Waals surface area contributed by atoms with E-state index in [0.717, 1.165) is 45.6 Å². The molecule has 0 aliphatic carbocycles. The number of hydrogen-bond donors (Lipinski definition) is 1. The highest BCUT2D eigenvalue weighted by Crippen LogP contribution is 2.30. The molecule has 2 aliphatic heterocycles. The lowest BCUT2D eigenvalue weighted by Crippen LogP contribution is -2.42. The van der Waals surface area contributed by atoms with Gasteiger partial charge < -0.3 is 15.0 Å². The molecule has 0 saturated carbocycles. The van der Waals surface area contributed by atoms with Gasteiger partial charge in [-0.15, -0.1) is 12.4 Å². The maximum atomic E-state index is 12.2. The normalized spacial score (nSPS) is 27.3. The summed E-state index contributed by atoms with van der Waals surface area (Å²) in [5.74, 6) is 0.265. The standard InChI is InChI=1S/C14H26N2O2.ClH/c1-14(2)4-3-7-16(8-5-14)13(17)10-12-11-15-6-9-18-12;/h12,15H,3-11H2,1-2H3;1H. The van der Waals surface area contributed by atoms with Crippen LogP contribution in [0.4, 0.5) is 0 Å². The van der Waals surface area contributed by atoms with Crippen molar-refractivity contribution in [3.63, 3.8) is 0 Å². The molecule has 0 spiro atoms. The molecule has 4 nitrogen and oxygen atoms in total. The Hall–Kier alpha value is -0.320. The predicted molar refractivity (Wildman–Crippen MR) is 78.7 cm³/mol. The third-order valence-electron chi connectivity index (χ3n) is 4.10. The van der Waals surface area contributed by atoms with Crippen molar-refractivity contribution < 1.29 is 9.53 Å². The Balaban J connectivity index is 0.00000180. The minimum absolute atomic E-state index is 0. The van der Waals surface area contributed by atoms with Crippen molar-refractivity contribution in [2.75, 3.05) is 32.8 Å². The zero-order chi connectivity index (χ0) is 13.0. The number of morpholine rings is 1. The van der Waals surface area contributed by atoms with E-state index in [2.05, 4.69) is 19.2 Å². The third kappa shape index (κ3) is 5.28. The molecule has 0 radical (unpaired) electrons. The maximum absolute atomic E-state index is 12.2. The Morgan fingerprint density at radius 1 is 1.37 bits per heavy atom. The number of likely N-dealkylation sites (tertiary alicyclic amines) is 1. The lowest BCUT2D eigenvalue weighted by molar-refractivity contribution is -0.134. The first-order chi connectivity index (χ1) is 8.57. The summed E-state index contributed by atoms with van der Waals surface area (Å²) in [5, 5.41) is 3.27. The van der Waals surface area contributed by atoms with Gasteiger partial charge in [0.2, 0.25) is 5.91 Å². The van der Waals surface area contributed by atoms with Crippen molar-refractivity contribution in [3.8, 4) is 0 Å². The smallest absolute Gasteiger partial charge is 0.225 e. The van der Waals surface area contributed by atoms with Gasteiger partial charge in [-0.05, 0) is 24.7 Å². The molecule has 2 aliphatic rings. The molecule has 1 amide bonds. The SMILES string of the molecule is CC1(C)CCCN(C(=O)CC2CNCCO2)CC1.Cl. The minimum Gasteiger partial charge on any atom is -0.375 e. The molecule has 0 aromatic carbocycles. The van der Waals surface area contributed by atoms with Crippen LogP contribution in [-0.2, 0) is 9.53 Å². The van der Waals surface area contributed by atoms with Crippen molar-refractivity contribution >= 4 is 18.3 Å². The molecule has 1 atom stereocenters. The number of carbonyl (C=O) groups excluding carboxylic acids is 1. The highest BCUT2D eigenvalue weighted by Gasteiger charge is 2.27. The van der Waals surface area contributed by atoms with Gasteiger partial charge in [0.15, 0.2) is 0 Å². The van der Waals surface area contributed by atoms with E-state index in [1.54, 1.807) is 0 Å². The summed E-state index contributed by atoms with van der Waals surface area (Å²) in [4.78, 5) is 14.3. The summed E-state index contributed by atoms with van der Waals surface area (Å²) in [6.07, 6.45) is 4.07. The number of hydrogen-bond acceptors (Lipinski definition) is 3. The summed E-state index contributed by atoms with van der Waals surface area (Å²) < 4.78 is 5.60. The van der Waals surface area contributed by atoms with Gasteiger partial charge >= 0.3 is 0 Å². The van der Waals surface area contributed by atoms with E-state index in [9.17, 15) is 4.79 Å². The summed E-state index contributed by atoms with van der Waals surface area (Å²) in [6, 6.07) is 0. The van der Waals surface area contributed by atoms with Gasteiger partial charge in [-0.2, -0.15) is 0 Å². The first kappa shape index (κ1) is 16.7. The van der Waals surface area contributed by atoms with Crippen LogP contribution < -0.4 is 5.32 Å². The average molecular weight is 291 g/mol. The number of halogens is 1. The van der Waals surface area contributed by atoms with E-state index in [1.165, 1.54) is 6.42 Å². The molecular weight excluding hydrogens is 264 g/mol. The van der Waals surface area contributed by atoms with Gasteiger partial charge in [-0.3, -0.25) is 4.79 Å². The van der Waals surface area contributed by atoms with E-state index in [-0.39, 0.29) is 24.4 Å².